The van der Waals surface area contributed by atoms with Crippen LogP contribution >= 0.6 is 0 Å². The number of nitrogens with zero attached hydrogens (tertiary/aromatic N) is 2. The Labute approximate surface area is 178 Å². The summed E-state index contributed by atoms with van der Waals surface area (Å²) < 4.78 is 0. The van der Waals surface area contributed by atoms with Crippen molar-refractivity contribution in [3.63, 3.8) is 0 Å². The number of benzene rings is 3. The van der Waals surface area contributed by atoms with E-state index in [0.717, 1.165) is 17.7 Å². The van der Waals surface area contributed by atoms with Gasteiger partial charge in [0.05, 0.1) is 11.5 Å². The molecule has 0 atom stereocenters. The predicted octanol–water partition coefficient (Wildman–Crippen LogP) is 3.85. The maximum absolute atomic E-state index is 12.9. The van der Waals surface area contributed by atoms with Crippen molar-refractivity contribution in [2.45, 2.75) is 6.42 Å². The third kappa shape index (κ3) is 4.37. The van der Waals surface area contributed by atoms with Crippen molar-refractivity contribution < 1.29 is 14.5 Å². The number of nitrogens with one attached hydrogen (secondary N) is 2. The Bertz CT molecular complexity index is 1140. The van der Waals surface area contributed by atoms with E-state index in [9.17, 15) is 19.7 Å². The largest absolute Gasteiger partial charge is 0.371 e. The minimum absolute atomic E-state index is 0.0825. The van der Waals surface area contributed by atoms with Crippen LogP contribution in [0.4, 0.5) is 22.7 Å². The van der Waals surface area contributed by atoms with Crippen LogP contribution in [0.25, 0.3) is 0 Å². The second-order valence-electron chi connectivity index (χ2n) is 7.09. The molecule has 8 heteroatoms. The van der Waals surface area contributed by atoms with E-state index in [1.54, 1.807) is 47.4 Å². The van der Waals surface area contributed by atoms with E-state index in [-0.39, 0.29) is 29.7 Å². The third-order valence-electron chi connectivity index (χ3n) is 5.09. The van der Waals surface area contributed by atoms with Crippen molar-refractivity contribution in [2.24, 2.45) is 0 Å². The quantitative estimate of drug-likeness (QED) is 0.469. The second kappa shape index (κ2) is 8.66. The van der Waals surface area contributed by atoms with Gasteiger partial charge in [-0.2, -0.15) is 0 Å². The molecule has 8 nitrogen and oxygen atoms in total. The lowest BCUT2D eigenvalue weighted by Gasteiger charge is -2.17. The maximum atomic E-state index is 12.9. The fourth-order valence-corrected chi connectivity index (χ4v) is 3.56. The number of hydrogen-bond donors (Lipinski definition) is 2. The molecule has 0 unspecified atom stereocenters. The molecule has 0 saturated heterocycles. The fraction of sp³-hybridized carbons (Fsp3) is 0.130. The first-order valence-corrected chi connectivity index (χ1v) is 9.80. The van der Waals surface area contributed by atoms with Gasteiger partial charge in [0.25, 0.3) is 11.6 Å². The molecule has 0 saturated carbocycles. The Hall–Kier alpha value is -4.20. The van der Waals surface area contributed by atoms with Gasteiger partial charge in [-0.25, -0.2) is 0 Å². The van der Waals surface area contributed by atoms with Gasteiger partial charge in [-0.15, -0.1) is 0 Å². The minimum atomic E-state index is -0.505. The number of carbonyl (C=O) groups excluding carboxylic acids is 2. The van der Waals surface area contributed by atoms with Crippen LogP contribution < -0.4 is 15.5 Å². The van der Waals surface area contributed by atoms with Crippen molar-refractivity contribution in [2.75, 3.05) is 28.6 Å². The van der Waals surface area contributed by atoms with Crippen molar-refractivity contribution >= 4 is 34.6 Å². The molecule has 1 aliphatic rings. The molecule has 1 aliphatic heterocycles. The molecule has 31 heavy (non-hydrogen) atoms. The van der Waals surface area contributed by atoms with Gasteiger partial charge >= 0.3 is 0 Å². The van der Waals surface area contributed by atoms with Crippen molar-refractivity contribution in [3.05, 3.63) is 94.0 Å². The Morgan fingerprint density at radius 3 is 2.45 bits per heavy atom. The monoisotopic (exact) mass is 416 g/mol. The molecule has 0 aromatic heterocycles. The first-order valence-electron chi connectivity index (χ1n) is 9.80. The SMILES string of the molecule is O=C(CNc1ccccc1[N+](=O)[O-])Nc1ccc(C(=O)N2CCc3ccccc32)cc1. The summed E-state index contributed by atoms with van der Waals surface area (Å²) in [4.78, 5) is 37.4. The van der Waals surface area contributed by atoms with Crippen LogP contribution in [0.1, 0.15) is 15.9 Å². The van der Waals surface area contributed by atoms with E-state index in [1.165, 1.54) is 6.07 Å². The van der Waals surface area contributed by atoms with Gasteiger partial charge in [0.2, 0.25) is 5.91 Å². The summed E-state index contributed by atoms with van der Waals surface area (Å²) in [6.45, 7) is 0.518. The average Bonchev–Trinajstić information content (AvgIpc) is 3.22. The molecular formula is C23H20N4O4. The maximum Gasteiger partial charge on any atom is 0.292 e. The van der Waals surface area contributed by atoms with E-state index in [0.29, 0.717) is 17.8 Å². The van der Waals surface area contributed by atoms with Crippen LogP contribution in [-0.4, -0.2) is 29.8 Å². The molecule has 4 rings (SSSR count). The highest BCUT2D eigenvalue weighted by Crippen LogP contribution is 2.29. The minimum Gasteiger partial charge on any atom is -0.371 e. The standard InChI is InChI=1S/C23H20N4O4/c28-22(15-24-19-6-2-4-8-21(19)27(30)31)25-18-11-9-17(10-12-18)23(29)26-14-13-16-5-1-3-7-20(16)26/h1-12,24H,13-15H2,(H,25,28). The van der Waals surface area contributed by atoms with Gasteiger partial charge in [0.1, 0.15) is 5.69 Å². The van der Waals surface area contributed by atoms with Crippen molar-refractivity contribution in [1.29, 1.82) is 0 Å². The number of anilines is 3. The van der Waals surface area contributed by atoms with Gasteiger partial charge in [-0.05, 0) is 48.4 Å². The molecule has 1 heterocycles. The van der Waals surface area contributed by atoms with Crippen LogP contribution in [0, 0.1) is 10.1 Å². The van der Waals surface area contributed by atoms with Gasteiger partial charge in [-0.3, -0.25) is 19.7 Å². The predicted molar refractivity (Wildman–Crippen MR) is 118 cm³/mol. The molecular weight excluding hydrogens is 396 g/mol. The second-order valence-corrected chi connectivity index (χ2v) is 7.09. The summed E-state index contributed by atoms with van der Waals surface area (Å²) in [6.07, 6.45) is 0.836. The van der Waals surface area contributed by atoms with Crippen molar-refractivity contribution in [3.8, 4) is 0 Å². The number of fused-ring (bicyclic) bond motifs is 1. The summed E-state index contributed by atoms with van der Waals surface area (Å²) in [5.74, 6) is -0.438. The van der Waals surface area contributed by atoms with Gasteiger partial charge in [-0.1, -0.05) is 30.3 Å². The highest BCUT2D eigenvalue weighted by molar-refractivity contribution is 6.07. The van der Waals surface area contributed by atoms with Crippen LogP contribution in [0.15, 0.2) is 72.8 Å². The molecule has 0 radical (unpaired) electrons. The fourth-order valence-electron chi connectivity index (χ4n) is 3.56. The zero-order chi connectivity index (χ0) is 21.8. The number of nitro groups is 1. The Balaban J connectivity index is 1.36. The Morgan fingerprint density at radius 2 is 1.68 bits per heavy atom. The lowest BCUT2D eigenvalue weighted by Crippen LogP contribution is -2.28. The zero-order valence-electron chi connectivity index (χ0n) is 16.6. The average molecular weight is 416 g/mol. The first-order chi connectivity index (χ1) is 15.0. The van der Waals surface area contributed by atoms with Crippen molar-refractivity contribution in [1.82, 2.24) is 0 Å². The molecule has 0 aliphatic carbocycles. The number of hydrogen-bond acceptors (Lipinski definition) is 5. The normalized spacial score (nSPS) is 12.2. The van der Waals surface area contributed by atoms with Crippen LogP contribution in [0.5, 0.6) is 0 Å². The van der Waals surface area contributed by atoms with Gasteiger partial charge < -0.3 is 15.5 Å². The lowest BCUT2D eigenvalue weighted by molar-refractivity contribution is -0.383. The number of amides is 2. The highest BCUT2D eigenvalue weighted by atomic mass is 16.6. The number of nitro benzene ring substituents is 1. The summed E-state index contributed by atoms with van der Waals surface area (Å²) >= 11 is 0. The van der Waals surface area contributed by atoms with Crippen LogP contribution in [-0.2, 0) is 11.2 Å². The molecule has 0 spiro atoms. The topological polar surface area (TPSA) is 105 Å². The molecule has 3 aromatic carbocycles. The smallest absolute Gasteiger partial charge is 0.292 e. The Morgan fingerprint density at radius 1 is 0.968 bits per heavy atom. The number of rotatable bonds is 6. The Kier molecular flexibility index (Phi) is 5.61. The van der Waals surface area contributed by atoms with E-state index in [2.05, 4.69) is 10.6 Å². The molecule has 2 N–H and O–H groups in total. The van der Waals surface area contributed by atoms with Crippen LogP contribution in [0.2, 0.25) is 0 Å². The lowest BCUT2D eigenvalue weighted by atomic mass is 10.1. The number of para-hydroxylation sites is 3. The first kappa shape index (κ1) is 20.1. The summed E-state index contributed by atoms with van der Waals surface area (Å²) in [5.41, 5.74) is 3.34. The van der Waals surface area contributed by atoms with Crippen LogP contribution in [0.3, 0.4) is 0 Å². The van der Waals surface area contributed by atoms with E-state index in [1.807, 2.05) is 24.3 Å². The molecule has 0 bridgehead atoms. The van der Waals surface area contributed by atoms with E-state index < -0.39 is 4.92 Å². The summed E-state index contributed by atoms with van der Waals surface area (Å²) in [5, 5.41) is 16.5. The summed E-state index contributed by atoms with van der Waals surface area (Å²) in [6, 6.07) is 20.7. The molecule has 3 aromatic rings. The molecule has 0 fully saturated rings. The van der Waals surface area contributed by atoms with Gasteiger partial charge in [0.15, 0.2) is 0 Å². The molecule has 2 amide bonds. The number of carbonyl (C=O) groups is 2. The molecule has 156 valence electrons. The van der Waals surface area contributed by atoms with E-state index >= 15 is 0 Å². The highest BCUT2D eigenvalue weighted by Gasteiger charge is 2.25. The van der Waals surface area contributed by atoms with E-state index in [4.69, 9.17) is 0 Å². The zero-order valence-corrected chi connectivity index (χ0v) is 16.6. The summed E-state index contributed by atoms with van der Waals surface area (Å²) in [7, 11) is 0. The third-order valence-corrected chi connectivity index (χ3v) is 5.09. The van der Waals surface area contributed by atoms with Gasteiger partial charge in [0, 0.05) is 29.5 Å².